The van der Waals surface area contributed by atoms with Crippen molar-refractivity contribution in [3.05, 3.63) is 59.1 Å². The van der Waals surface area contributed by atoms with Gasteiger partial charge in [-0.2, -0.15) is 13.2 Å². The molecule has 1 heterocycles. The fourth-order valence-electron chi connectivity index (χ4n) is 3.13. The third kappa shape index (κ3) is 7.32. The number of halogens is 6. The molecule has 2 aromatic rings. The van der Waals surface area contributed by atoms with Crippen LogP contribution in [0.2, 0.25) is 5.02 Å². The number of hydrogen-bond acceptors (Lipinski definition) is 3. The first-order chi connectivity index (χ1) is 12.4. The number of rotatable bonds is 5. The highest BCUT2D eigenvalue weighted by atomic mass is 35.5. The van der Waals surface area contributed by atoms with Crippen molar-refractivity contribution in [1.29, 1.82) is 0 Å². The number of benzene rings is 2. The van der Waals surface area contributed by atoms with Crippen LogP contribution >= 0.6 is 48.2 Å². The molecule has 1 aliphatic rings. The van der Waals surface area contributed by atoms with Gasteiger partial charge in [0.05, 0.1) is 6.42 Å². The van der Waals surface area contributed by atoms with E-state index < -0.39 is 18.6 Å². The van der Waals surface area contributed by atoms with Crippen LogP contribution in [0.3, 0.4) is 0 Å². The van der Waals surface area contributed by atoms with Crippen molar-refractivity contribution < 1.29 is 13.2 Å². The Morgan fingerprint density at radius 2 is 1.61 bits per heavy atom. The van der Waals surface area contributed by atoms with Gasteiger partial charge in [-0.3, -0.25) is 4.90 Å². The van der Waals surface area contributed by atoms with Crippen molar-refractivity contribution in [2.75, 3.05) is 26.2 Å². The molecule has 1 N–H and O–H groups in total. The molecule has 1 atom stereocenters. The van der Waals surface area contributed by atoms with Crippen LogP contribution in [0.1, 0.15) is 18.0 Å². The van der Waals surface area contributed by atoms with Crippen LogP contribution in [0.15, 0.2) is 58.3 Å². The topological polar surface area (TPSA) is 15.3 Å². The Kier molecular flexibility index (Phi) is 10.5. The molecule has 1 saturated heterocycles. The van der Waals surface area contributed by atoms with Gasteiger partial charge in [0.2, 0.25) is 0 Å². The fraction of sp³-hybridized carbons (Fsp3) is 0.368. The van der Waals surface area contributed by atoms with Crippen LogP contribution in [0, 0.1) is 0 Å². The lowest BCUT2D eigenvalue weighted by Gasteiger charge is -2.36. The fourth-order valence-corrected chi connectivity index (χ4v) is 4.25. The van der Waals surface area contributed by atoms with Crippen molar-refractivity contribution in [2.24, 2.45) is 0 Å². The number of nitrogens with zero attached hydrogens (tertiary/aromatic N) is 1. The smallest absolute Gasteiger partial charge is 0.314 e. The van der Waals surface area contributed by atoms with Crippen LogP contribution < -0.4 is 5.32 Å². The van der Waals surface area contributed by atoms with E-state index in [0.717, 1.165) is 15.4 Å². The number of hydrogen-bond donors (Lipinski definition) is 1. The van der Waals surface area contributed by atoms with Crippen LogP contribution in [0.5, 0.6) is 0 Å². The average molecular weight is 474 g/mol. The van der Waals surface area contributed by atoms with E-state index in [1.165, 1.54) is 11.8 Å². The highest BCUT2D eigenvalue weighted by molar-refractivity contribution is 7.99. The number of nitrogens with one attached hydrogen (secondary N) is 1. The lowest BCUT2D eigenvalue weighted by molar-refractivity contribution is -0.149. The summed E-state index contributed by atoms with van der Waals surface area (Å²) in [5, 5.41) is 3.84. The summed E-state index contributed by atoms with van der Waals surface area (Å²) in [7, 11) is 0. The van der Waals surface area contributed by atoms with E-state index in [2.05, 4.69) is 5.32 Å². The molecule has 0 spiro atoms. The Hall–Kier alpha value is -0.630. The van der Waals surface area contributed by atoms with Gasteiger partial charge in [-0.05, 0) is 35.9 Å². The molecule has 28 heavy (non-hydrogen) atoms. The molecule has 0 radical (unpaired) electrons. The van der Waals surface area contributed by atoms with Crippen molar-refractivity contribution in [2.45, 2.75) is 28.4 Å². The van der Waals surface area contributed by atoms with Gasteiger partial charge >= 0.3 is 6.18 Å². The first kappa shape index (κ1) is 25.4. The summed E-state index contributed by atoms with van der Waals surface area (Å²) in [5.41, 5.74) is 0.728. The Morgan fingerprint density at radius 1 is 1.00 bits per heavy atom. The van der Waals surface area contributed by atoms with Gasteiger partial charge in [0, 0.05) is 47.0 Å². The second-order valence-corrected chi connectivity index (χ2v) is 7.77. The molecule has 3 rings (SSSR count). The van der Waals surface area contributed by atoms with Gasteiger partial charge in [0.1, 0.15) is 0 Å². The molecule has 1 aliphatic heterocycles. The summed E-state index contributed by atoms with van der Waals surface area (Å²) in [6.45, 7) is 2.64. The van der Waals surface area contributed by atoms with E-state index >= 15 is 0 Å². The minimum atomic E-state index is -4.21. The van der Waals surface area contributed by atoms with Gasteiger partial charge < -0.3 is 5.32 Å². The summed E-state index contributed by atoms with van der Waals surface area (Å²) in [4.78, 5) is 3.74. The van der Waals surface area contributed by atoms with E-state index in [9.17, 15) is 13.2 Å². The van der Waals surface area contributed by atoms with E-state index in [-0.39, 0.29) is 24.8 Å². The van der Waals surface area contributed by atoms with Crippen molar-refractivity contribution in [1.82, 2.24) is 10.2 Å². The summed E-state index contributed by atoms with van der Waals surface area (Å²) < 4.78 is 39.9. The molecule has 0 amide bonds. The third-order valence-corrected chi connectivity index (χ3v) is 5.69. The molecular weight excluding hydrogens is 452 g/mol. The zero-order valence-corrected chi connectivity index (χ0v) is 18.1. The Morgan fingerprint density at radius 3 is 2.21 bits per heavy atom. The molecule has 9 heteroatoms. The second-order valence-electron chi connectivity index (χ2n) is 6.21. The van der Waals surface area contributed by atoms with E-state index in [1.807, 2.05) is 41.3 Å². The molecule has 1 fully saturated rings. The zero-order chi connectivity index (χ0) is 18.6. The summed E-state index contributed by atoms with van der Waals surface area (Å²) >= 11 is 7.40. The molecule has 2 nitrogen and oxygen atoms in total. The Labute approximate surface area is 185 Å². The molecule has 0 unspecified atom stereocenters. The SMILES string of the molecule is Cl.Cl.FC(F)(F)C[C@H](c1ccccc1Sc1ccc(Cl)cc1)N1CCNCC1. The molecule has 156 valence electrons. The lowest BCUT2D eigenvalue weighted by atomic mass is 10.0. The maximum absolute atomic E-state index is 13.3. The number of piperazine rings is 1. The highest BCUT2D eigenvalue weighted by Gasteiger charge is 2.36. The molecular formula is C19H22Cl3F3N2S. The standard InChI is InChI=1S/C19H20ClF3N2S.2ClH/c20-14-5-7-15(8-6-14)26-18-4-2-1-3-16(18)17(13-19(21,22)23)25-11-9-24-10-12-25;;/h1-8,17,24H,9-13H2;2*1H/t17-;;/m1../s1. The normalized spacial score (nSPS) is 16.0. The van der Waals surface area contributed by atoms with Gasteiger partial charge in [0.25, 0.3) is 0 Å². The first-order valence-electron chi connectivity index (χ1n) is 8.46. The summed E-state index contributed by atoms with van der Waals surface area (Å²) in [5.74, 6) is 0. The van der Waals surface area contributed by atoms with Gasteiger partial charge in [-0.1, -0.05) is 41.6 Å². The Balaban J connectivity index is 0.00000196. The highest BCUT2D eigenvalue weighted by Crippen LogP contribution is 2.40. The predicted molar refractivity (Wildman–Crippen MR) is 114 cm³/mol. The number of alkyl halides is 3. The van der Waals surface area contributed by atoms with Crippen LogP contribution in [-0.2, 0) is 0 Å². The molecule has 0 aliphatic carbocycles. The second kappa shape index (κ2) is 11.5. The summed E-state index contributed by atoms with van der Waals surface area (Å²) in [6, 6.07) is 14.0. The average Bonchev–Trinajstić information content (AvgIpc) is 2.62. The lowest BCUT2D eigenvalue weighted by Crippen LogP contribution is -2.46. The minimum Gasteiger partial charge on any atom is -0.314 e. The zero-order valence-electron chi connectivity index (χ0n) is 14.9. The van der Waals surface area contributed by atoms with Crippen molar-refractivity contribution in [3.8, 4) is 0 Å². The quantitative estimate of drug-likeness (QED) is 0.554. The molecule has 0 bridgehead atoms. The molecule has 0 aromatic heterocycles. The van der Waals surface area contributed by atoms with Crippen LogP contribution in [0.4, 0.5) is 13.2 Å². The van der Waals surface area contributed by atoms with E-state index in [4.69, 9.17) is 11.6 Å². The molecule has 2 aromatic carbocycles. The summed E-state index contributed by atoms with van der Waals surface area (Å²) in [6.07, 6.45) is -5.06. The first-order valence-corrected chi connectivity index (χ1v) is 9.66. The van der Waals surface area contributed by atoms with Crippen molar-refractivity contribution >= 4 is 48.2 Å². The largest absolute Gasteiger partial charge is 0.390 e. The minimum absolute atomic E-state index is 0. The van der Waals surface area contributed by atoms with Crippen LogP contribution in [-0.4, -0.2) is 37.3 Å². The van der Waals surface area contributed by atoms with Gasteiger partial charge in [-0.15, -0.1) is 24.8 Å². The third-order valence-electron chi connectivity index (χ3n) is 4.34. The van der Waals surface area contributed by atoms with Gasteiger partial charge in [-0.25, -0.2) is 0 Å². The van der Waals surface area contributed by atoms with Crippen LogP contribution in [0.25, 0.3) is 0 Å². The molecule has 0 saturated carbocycles. The predicted octanol–water partition coefficient (Wildman–Crippen LogP) is 6.23. The van der Waals surface area contributed by atoms with Gasteiger partial charge in [0.15, 0.2) is 0 Å². The maximum atomic E-state index is 13.3. The Bertz CT molecular complexity index is 723. The van der Waals surface area contributed by atoms with E-state index in [0.29, 0.717) is 31.2 Å². The maximum Gasteiger partial charge on any atom is 0.390 e. The monoisotopic (exact) mass is 472 g/mol. The van der Waals surface area contributed by atoms with Crippen molar-refractivity contribution in [3.63, 3.8) is 0 Å². The van der Waals surface area contributed by atoms with E-state index in [1.54, 1.807) is 12.1 Å².